The number of methoxy groups -OCH3 is 1. The minimum absolute atomic E-state index is 0.253. The van der Waals surface area contributed by atoms with Crippen molar-refractivity contribution in [2.75, 3.05) is 7.11 Å². The first-order valence-corrected chi connectivity index (χ1v) is 7.56. The number of esters is 1. The van der Waals surface area contributed by atoms with Gasteiger partial charge in [0.15, 0.2) is 5.70 Å². The Labute approximate surface area is 140 Å². The lowest BCUT2D eigenvalue weighted by Gasteiger charge is -2.03. The Balaban J connectivity index is 1.82. The van der Waals surface area contributed by atoms with Crippen LogP contribution in [0.4, 0.5) is 0 Å². The molecule has 0 N–H and O–H groups in total. The van der Waals surface area contributed by atoms with Crippen molar-refractivity contribution in [3.63, 3.8) is 0 Å². The first-order chi connectivity index (χ1) is 11.7. The van der Waals surface area contributed by atoms with Gasteiger partial charge in [-0.1, -0.05) is 48.0 Å². The first kappa shape index (κ1) is 15.7. The summed E-state index contributed by atoms with van der Waals surface area (Å²) >= 11 is 0. The van der Waals surface area contributed by atoms with Crippen molar-refractivity contribution in [3.05, 3.63) is 77.0 Å². The molecule has 0 saturated carbocycles. The highest BCUT2D eigenvalue weighted by molar-refractivity contribution is 6.11. The molecule has 24 heavy (non-hydrogen) atoms. The summed E-state index contributed by atoms with van der Waals surface area (Å²) < 4.78 is 10.5. The van der Waals surface area contributed by atoms with Gasteiger partial charge in [-0.3, -0.25) is 0 Å². The van der Waals surface area contributed by atoms with Crippen LogP contribution < -0.4 is 4.74 Å². The van der Waals surface area contributed by atoms with Crippen molar-refractivity contribution < 1.29 is 14.3 Å². The summed E-state index contributed by atoms with van der Waals surface area (Å²) in [5.41, 5.74) is 3.24. The smallest absolute Gasteiger partial charge is 0.363 e. The third kappa shape index (κ3) is 3.60. The van der Waals surface area contributed by atoms with Crippen LogP contribution in [0.1, 0.15) is 16.7 Å². The highest BCUT2D eigenvalue weighted by Crippen LogP contribution is 2.23. The molecule has 1 aliphatic heterocycles. The molecule has 0 amide bonds. The Morgan fingerprint density at radius 2 is 1.79 bits per heavy atom. The number of hydrogen-bond acceptors (Lipinski definition) is 4. The monoisotopic (exact) mass is 319 g/mol. The van der Waals surface area contributed by atoms with E-state index in [1.165, 1.54) is 5.56 Å². The summed E-state index contributed by atoms with van der Waals surface area (Å²) in [5, 5.41) is 0. The average Bonchev–Trinajstić information content (AvgIpc) is 2.95. The summed E-state index contributed by atoms with van der Waals surface area (Å²) in [6, 6.07) is 15.5. The van der Waals surface area contributed by atoms with Crippen LogP contribution in [0.25, 0.3) is 12.2 Å². The Morgan fingerprint density at radius 3 is 2.54 bits per heavy atom. The van der Waals surface area contributed by atoms with E-state index in [1.807, 2.05) is 61.5 Å². The number of aliphatic imine (C=N–C) groups is 1. The summed E-state index contributed by atoms with van der Waals surface area (Å²) in [5.74, 6) is 0.489. The van der Waals surface area contributed by atoms with Crippen molar-refractivity contribution in [3.8, 4) is 5.75 Å². The van der Waals surface area contributed by atoms with Gasteiger partial charge in [-0.05, 0) is 30.7 Å². The predicted molar refractivity (Wildman–Crippen MR) is 94.7 cm³/mol. The second-order valence-electron chi connectivity index (χ2n) is 5.36. The number of carbonyl (C=O) groups excluding carboxylic acids is 1. The lowest BCUT2D eigenvalue weighted by atomic mass is 10.1. The Morgan fingerprint density at radius 1 is 1.04 bits per heavy atom. The van der Waals surface area contributed by atoms with Gasteiger partial charge in [0, 0.05) is 11.6 Å². The highest BCUT2D eigenvalue weighted by Gasteiger charge is 2.21. The molecule has 1 heterocycles. The van der Waals surface area contributed by atoms with Crippen LogP contribution >= 0.6 is 0 Å². The lowest BCUT2D eigenvalue weighted by Crippen LogP contribution is -2.01. The van der Waals surface area contributed by atoms with Crippen molar-refractivity contribution in [1.29, 1.82) is 0 Å². The van der Waals surface area contributed by atoms with Crippen molar-refractivity contribution in [1.82, 2.24) is 0 Å². The molecular formula is C20H17NO3. The summed E-state index contributed by atoms with van der Waals surface area (Å²) in [7, 11) is 1.59. The number of rotatable bonds is 4. The summed E-state index contributed by atoms with van der Waals surface area (Å²) in [6.45, 7) is 2.03. The second kappa shape index (κ2) is 6.96. The maximum atomic E-state index is 12.0. The molecule has 3 rings (SSSR count). The molecule has 0 fully saturated rings. The molecule has 0 unspecified atom stereocenters. The molecule has 120 valence electrons. The van der Waals surface area contributed by atoms with Crippen LogP contribution in [-0.2, 0) is 9.53 Å². The first-order valence-electron chi connectivity index (χ1n) is 7.56. The SMILES string of the molecule is COc1ccccc1/C=C1N=C(/C=C/c2ccc(C)cc2)OC\1=O. The minimum Gasteiger partial charge on any atom is -0.496 e. The molecule has 0 aromatic heterocycles. The van der Waals surface area contributed by atoms with E-state index in [9.17, 15) is 4.79 Å². The molecular weight excluding hydrogens is 302 g/mol. The van der Waals surface area contributed by atoms with E-state index in [4.69, 9.17) is 9.47 Å². The van der Waals surface area contributed by atoms with E-state index >= 15 is 0 Å². The standard InChI is InChI=1S/C20H17NO3/c1-14-7-9-15(10-8-14)11-12-19-21-17(20(22)24-19)13-16-5-3-4-6-18(16)23-2/h3-13H,1-2H3/b12-11+,17-13-. The van der Waals surface area contributed by atoms with Gasteiger partial charge in [-0.2, -0.15) is 0 Å². The number of aryl methyl sites for hydroxylation is 1. The fraction of sp³-hybridized carbons (Fsp3) is 0.100. The number of para-hydroxylation sites is 1. The number of benzene rings is 2. The van der Waals surface area contributed by atoms with E-state index in [0.29, 0.717) is 5.75 Å². The number of hydrogen-bond donors (Lipinski definition) is 0. The maximum Gasteiger partial charge on any atom is 0.363 e. The van der Waals surface area contributed by atoms with Crippen LogP contribution in [0.5, 0.6) is 5.75 Å². The van der Waals surface area contributed by atoms with Crippen LogP contribution in [-0.4, -0.2) is 19.0 Å². The van der Waals surface area contributed by atoms with Gasteiger partial charge in [0.1, 0.15) is 5.75 Å². The zero-order valence-electron chi connectivity index (χ0n) is 13.5. The van der Waals surface area contributed by atoms with Crippen LogP contribution in [0.3, 0.4) is 0 Å². The number of carbonyl (C=O) groups is 1. The molecule has 2 aromatic rings. The van der Waals surface area contributed by atoms with Gasteiger partial charge in [0.05, 0.1) is 7.11 Å². The molecule has 4 nitrogen and oxygen atoms in total. The molecule has 1 aliphatic rings. The summed E-state index contributed by atoms with van der Waals surface area (Å²) in [6.07, 6.45) is 5.21. The molecule has 0 aliphatic carbocycles. The topological polar surface area (TPSA) is 47.9 Å². The predicted octanol–water partition coefficient (Wildman–Crippen LogP) is 4.01. The van der Waals surface area contributed by atoms with E-state index in [0.717, 1.165) is 11.1 Å². The zero-order valence-corrected chi connectivity index (χ0v) is 13.5. The third-order valence-electron chi connectivity index (χ3n) is 3.56. The van der Waals surface area contributed by atoms with E-state index < -0.39 is 5.97 Å². The molecule has 2 aromatic carbocycles. The molecule has 4 heteroatoms. The number of ether oxygens (including phenoxy) is 2. The Hall–Kier alpha value is -3.14. The Bertz CT molecular complexity index is 845. The number of nitrogens with zero attached hydrogens (tertiary/aromatic N) is 1. The molecule has 0 atom stereocenters. The Kier molecular flexibility index (Phi) is 4.57. The van der Waals surface area contributed by atoms with E-state index in [1.54, 1.807) is 19.3 Å². The average molecular weight is 319 g/mol. The van der Waals surface area contributed by atoms with Crippen molar-refractivity contribution in [2.45, 2.75) is 6.92 Å². The van der Waals surface area contributed by atoms with Crippen LogP contribution in [0.15, 0.2) is 65.3 Å². The fourth-order valence-electron chi connectivity index (χ4n) is 2.27. The van der Waals surface area contributed by atoms with E-state index in [-0.39, 0.29) is 11.6 Å². The quantitative estimate of drug-likeness (QED) is 0.632. The van der Waals surface area contributed by atoms with Crippen LogP contribution in [0, 0.1) is 6.92 Å². The van der Waals surface area contributed by atoms with Gasteiger partial charge in [0.25, 0.3) is 0 Å². The van der Waals surface area contributed by atoms with Gasteiger partial charge >= 0.3 is 5.97 Å². The number of cyclic esters (lactones) is 1. The minimum atomic E-state index is -0.468. The third-order valence-corrected chi connectivity index (χ3v) is 3.56. The highest BCUT2D eigenvalue weighted by atomic mass is 16.6. The molecule has 0 saturated heterocycles. The fourth-order valence-corrected chi connectivity index (χ4v) is 2.27. The zero-order chi connectivity index (χ0) is 16.9. The summed E-state index contributed by atoms with van der Waals surface area (Å²) in [4.78, 5) is 16.2. The largest absolute Gasteiger partial charge is 0.496 e. The maximum absolute atomic E-state index is 12.0. The molecule has 0 radical (unpaired) electrons. The van der Waals surface area contributed by atoms with Crippen molar-refractivity contribution in [2.24, 2.45) is 4.99 Å². The van der Waals surface area contributed by atoms with E-state index in [2.05, 4.69) is 4.99 Å². The van der Waals surface area contributed by atoms with Gasteiger partial charge < -0.3 is 9.47 Å². The van der Waals surface area contributed by atoms with Gasteiger partial charge in [-0.25, -0.2) is 9.79 Å². The van der Waals surface area contributed by atoms with Gasteiger partial charge in [-0.15, -0.1) is 0 Å². The van der Waals surface area contributed by atoms with Crippen molar-refractivity contribution >= 4 is 24.0 Å². The van der Waals surface area contributed by atoms with Crippen LogP contribution in [0.2, 0.25) is 0 Å². The second-order valence-corrected chi connectivity index (χ2v) is 5.36. The molecule has 0 bridgehead atoms. The normalized spacial score (nSPS) is 15.7. The molecule has 0 spiro atoms. The van der Waals surface area contributed by atoms with Gasteiger partial charge in [0.2, 0.25) is 5.90 Å². The lowest BCUT2D eigenvalue weighted by molar-refractivity contribution is -0.129.